The molecule has 5 nitrogen and oxygen atoms in total. The molecule has 144 valence electrons. The van der Waals surface area contributed by atoms with Crippen molar-refractivity contribution < 1.29 is 4.79 Å². The van der Waals surface area contributed by atoms with E-state index in [2.05, 4.69) is 22.0 Å². The highest BCUT2D eigenvalue weighted by molar-refractivity contribution is 5.80. The molecule has 1 saturated heterocycles. The third-order valence-corrected chi connectivity index (χ3v) is 5.48. The molecule has 3 aromatic rings. The van der Waals surface area contributed by atoms with E-state index in [1.807, 2.05) is 54.3 Å². The zero-order chi connectivity index (χ0) is 19.5. The van der Waals surface area contributed by atoms with Crippen LogP contribution in [-0.4, -0.2) is 42.0 Å². The van der Waals surface area contributed by atoms with E-state index >= 15 is 0 Å². The van der Waals surface area contributed by atoms with Crippen molar-refractivity contribution >= 4 is 22.5 Å². The highest BCUT2D eigenvalue weighted by Gasteiger charge is 2.20. The number of rotatable bonds is 4. The minimum Gasteiger partial charge on any atom is -0.368 e. The van der Waals surface area contributed by atoms with Crippen LogP contribution in [-0.2, 0) is 11.2 Å². The molecule has 0 saturated carbocycles. The molecule has 1 aliphatic heterocycles. The molecule has 2 heterocycles. The summed E-state index contributed by atoms with van der Waals surface area (Å²) in [6, 6.07) is 18.3. The number of H-pyrrole nitrogens is 1. The molecule has 1 aliphatic rings. The van der Waals surface area contributed by atoms with Gasteiger partial charge in [-0.3, -0.25) is 9.59 Å². The Morgan fingerprint density at radius 2 is 1.75 bits per heavy atom. The molecule has 4 rings (SSSR count). The number of nitrogens with zero attached hydrogens (tertiary/aromatic N) is 2. The standard InChI is InChI=1S/C23H25N3O2/c1-17-15-19-9-7-18(16-21(19)24-23(17)28)8-10-22(27)26-13-11-25(12-14-26)20-5-3-2-4-6-20/h2-7,9,15-16H,8,10-14H2,1H3,(H,24,28). The number of para-hydroxylation sites is 1. The normalized spacial score (nSPS) is 14.5. The first-order valence-electron chi connectivity index (χ1n) is 9.80. The highest BCUT2D eigenvalue weighted by atomic mass is 16.2. The lowest BCUT2D eigenvalue weighted by molar-refractivity contribution is -0.131. The van der Waals surface area contributed by atoms with E-state index < -0.39 is 0 Å². The van der Waals surface area contributed by atoms with Crippen LogP contribution in [0.15, 0.2) is 59.4 Å². The van der Waals surface area contributed by atoms with Crippen LogP contribution in [0.2, 0.25) is 0 Å². The number of hydrogen-bond donors (Lipinski definition) is 1. The Hall–Kier alpha value is -3.08. The van der Waals surface area contributed by atoms with Crippen molar-refractivity contribution in [2.24, 2.45) is 0 Å². The van der Waals surface area contributed by atoms with Gasteiger partial charge in [0, 0.05) is 49.4 Å². The molecule has 0 bridgehead atoms. The maximum Gasteiger partial charge on any atom is 0.251 e. The number of aromatic amines is 1. The van der Waals surface area contributed by atoms with Gasteiger partial charge in [-0.25, -0.2) is 0 Å². The molecule has 1 N–H and O–H groups in total. The van der Waals surface area contributed by atoms with Crippen molar-refractivity contribution in [1.29, 1.82) is 0 Å². The Labute approximate surface area is 164 Å². The molecule has 0 atom stereocenters. The number of amides is 1. The summed E-state index contributed by atoms with van der Waals surface area (Å²) >= 11 is 0. The number of carbonyl (C=O) groups is 1. The predicted octanol–water partition coefficient (Wildman–Crippen LogP) is 3.12. The predicted molar refractivity (Wildman–Crippen MR) is 113 cm³/mol. The largest absolute Gasteiger partial charge is 0.368 e. The molecule has 1 fully saturated rings. The van der Waals surface area contributed by atoms with Crippen LogP contribution in [0, 0.1) is 6.92 Å². The fraction of sp³-hybridized carbons (Fsp3) is 0.304. The number of fused-ring (bicyclic) bond motifs is 1. The van der Waals surface area contributed by atoms with Gasteiger partial charge in [-0.15, -0.1) is 0 Å². The zero-order valence-electron chi connectivity index (χ0n) is 16.1. The van der Waals surface area contributed by atoms with Crippen LogP contribution < -0.4 is 10.5 Å². The van der Waals surface area contributed by atoms with Crippen LogP contribution >= 0.6 is 0 Å². The van der Waals surface area contributed by atoms with E-state index in [0.29, 0.717) is 18.4 Å². The number of hydrogen-bond acceptors (Lipinski definition) is 3. The minimum absolute atomic E-state index is 0.0583. The average molecular weight is 375 g/mol. The maximum absolute atomic E-state index is 12.6. The van der Waals surface area contributed by atoms with Gasteiger partial charge in [0.1, 0.15) is 0 Å². The molecule has 1 amide bonds. The van der Waals surface area contributed by atoms with Gasteiger partial charge in [-0.05, 0) is 48.6 Å². The Morgan fingerprint density at radius 1 is 1.00 bits per heavy atom. The molecule has 0 spiro atoms. The van der Waals surface area contributed by atoms with E-state index in [1.54, 1.807) is 0 Å². The van der Waals surface area contributed by atoms with Gasteiger partial charge in [-0.2, -0.15) is 0 Å². The van der Waals surface area contributed by atoms with Crippen molar-refractivity contribution in [3.63, 3.8) is 0 Å². The molecule has 0 aliphatic carbocycles. The second-order valence-corrected chi connectivity index (χ2v) is 7.41. The first kappa shape index (κ1) is 18.3. The van der Waals surface area contributed by atoms with Gasteiger partial charge >= 0.3 is 0 Å². The third-order valence-electron chi connectivity index (χ3n) is 5.48. The topological polar surface area (TPSA) is 56.4 Å². The number of carbonyl (C=O) groups excluding carboxylic acids is 1. The fourth-order valence-corrected chi connectivity index (χ4v) is 3.78. The van der Waals surface area contributed by atoms with Crippen molar-refractivity contribution in [3.05, 3.63) is 76.1 Å². The van der Waals surface area contributed by atoms with Crippen LogP contribution in [0.25, 0.3) is 10.9 Å². The van der Waals surface area contributed by atoms with E-state index in [9.17, 15) is 9.59 Å². The van der Waals surface area contributed by atoms with E-state index in [4.69, 9.17) is 0 Å². The molecule has 1 aromatic heterocycles. The number of benzene rings is 2. The number of nitrogens with one attached hydrogen (secondary N) is 1. The smallest absolute Gasteiger partial charge is 0.251 e. The van der Waals surface area contributed by atoms with E-state index in [1.165, 1.54) is 5.69 Å². The summed E-state index contributed by atoms with van der Waals surface area (Å²) in [4.78, 5) is 31.7. The summed E-state index contributed by atoms with van der Waals surface area (Å²) in [7, 11) is 0. The number of piperazine rings is 1. The summed E-state index contributed by atoms with van der Waals surface area (Å²) in [5, 5.41) is 1.02. The zero-order valence-corrected chi connectivity index (χ0v) is 16.1. The summed E-state index contributed by atoms with van der Waals surface area (Å²) < 4.78 is 0. The summed E-state index contributed by atoms with van der Waals surface area (Å²) in [5.74, 6) is 0.199. The first-order chi connectivity index (χ1) is 13.6. The second-order valence-electron chi connectivity index (χ2n) is 7.41. The van der Waals surface area contributed by atoms with Crippen LogP contribution in [0.1, 0.15) is 17.5 Å². The van der Waals surface area contributed by atoms with Gasteiger partial charge in [0.15, 0.2) is 0 Å². The number of anilines is 1. The molecule has 0 radical (unpaired) electrons. The van der Waals surface area contributed by atoms with E-state index in [-0.39, 0.29) is 11.5 Å². The molecule has 2 aromatic carbocycles. The number of aromatic nitrogens is 1. The lowest BCUT2D eigenvalue weighted by atomic mass is 10.1. The Morgan fingerprint density at radius 3 is 2.50 bits per heavy atom. The molecular weight excluding hydrogens is 350 g/mol. The Balaban J connectivity index is 1.34. The Bertz CT molecular complexity index is 1030. The van der Waals surface area contributed by atoms with Gasteiger partial charge in [-0.1, -0.05) is 30.3 Å². The van der Waals surface area contributed by atoms with Crippen molar-refractivity contribution in [1.82, 2.24) is 9.88 Å². The molecule has 28 heavy (non-hydrogen) atoms. The lowest BCUT2D eigenvalue weighted by Crippen LogP contribution is -2.48. The SMILES string of the molecule is Cc1cc2ccc(CCC(=O)N3CCN(c4ccccc4)CC3)cc2[nH]c1=O. The highest BCUT2D eigenvalue weighted by Crippen LogP contribution is 2.17. The second kappa shape index (κ2) is 7.89. The van der Waals surface area contributed by atoms with Crippen LogP contribution in [0.4, 0.5) is 5.69 Å². The summed E-state index contributed by atoms with van der Waals surface area (Å²) in [6.07, 6.45) is 1.18. The monoisotopic (exact) mass is 375 g/mol. The number of aryl methyl sites for hydroxylation is 2. The van der Waals surface area contributed by atoms with Gasteiger partial charge in [0.2, 0.25) is 5.91 Å². The molecular formula is C23H25N3O2. The fourth-order valence-electron chi connectivity index (χ4n) is 3.78. The third kappa shape index (κ3) is 3.93. The van der Waals surface area contributed by atoms with Crippen molar-refractivity contribution in [3.8, 4) is 0 Å². The average Bonchev–Trinajstić information content (AvgIpc) is 2.73. The van der Waals surface area contributed by atoms with Crippen LogP contribution in [0.5, 0.6) is 0 Å². The van der Waals surface area contributed by atoms with Gasteiger partial charge < -0.3 is 14.8 Å². The quantitative estimate of drug-likeness (QED) is 0.762. The lowest BCUT2D eigenvalue weighted by Gasteiger charge is -2.36. The number of pyridine rings is 1. The van der Waals surface area contributed by atoms with Crippen molar-refractivity contribution in [2.75, 3.05) is 31.1 Å². The summed E-state index contributed by atoms with van der Waals surface area (Å²) in [6.45, 7) is 5.07. The first-order valence-corrected chi connectivity index (χ1v) is 9.80. The van der Waals surface area contributed by atoms with E-state index in [0.717, 1.165) is 42.6 Å². The maximum atomic E-state index is 12.6. The van der Waals surface area contributed by atoms with Gasteiger partial charge in [0.05, 0.1) is 0 Å². The minimum atomic E-state index is -0.0583. The van der Waals surface area contributed by atoms with Crippen molar-refractivity contribution in [2.45, 2.75) is 19.8 Å². The molecule has 0 unspecified atom stereocenters. The van der Waals surface area contributed by atoms with Gasteiger partial charge in [0.25, 0.3) is 5.56 Å². The van der Waals surface area contributed by atoms with Crippen LogP contribution in [0.3, 0.4) is 0 Å². The Kier molecular flexibility index (Phi) is 5.15. The molecule has 5 heteroatoms. The summed E-state index contributed by atoms with van der Waals surface area (Å²) in [5.41, 5.74) is 3.78.